The Balaban J connectivity index is 1.22. The standard InChI is InChI=1S/C37H30N8/c1-3-25(2)39-34-20-21-36(31-9-5-4-8-30(31)34)44-45-37-23-22-35(32-10-6-7-11-33(32)37)43-42-29-18-16-28(17-19-29)41-40-27-14-12-26(24-38)13-15-27/h4-23,25,39H,3H2,1-2H3/b41-40+,43-42+,45-44+. The minimum absolute atomic E-state index is 0.375. The van der Waals surface area contributed by atoms with E-state index in [0.717, 1.165) is 50.7 Å². The van der Waals surface area contributed by atoms with Crippen molar-refractivity contribution in [2.24, 2.45) is 30.7 Å². The third kappa shape index (κ3) is 6.79. The zero-order valence-electron chi connectivity index (χ0n) is 25.0. The van der Waals surface area contributed by atoms with Crippen molar-refractivity contribution < 1.29 is 0 Å². The molecule has 0 heterocycles. The fraction of sp³-hybridized carbons (Fsp3) is 0.108. The highest BCUT2D eigenvalue weighted by Crippen LogP contribution is 2.37. The van der Waals surface area contributed by atoms with Crippen LogP contribution in [0.5, 0.6) is 0 Å². The summed E-state index contributed by atoms with van der Waals surface area (Å²) in [6.45, 7) is 4.36. The maximum absolute atomic E-state index is 8.93. The van der Waals surface area contributed by atoms with E-state index in [9.17, 15) is 0 Å². The van der Waals surface area contributed by atoms with E-state index >= 15 is 0 Å². The molecule has 0 aromatic heterocycles. The number of benzene rings is 6. The van der Waals surface area contributed by atoms with Crippen molar-refractivity contribution in [3.8, 4) is 6.07 Å². The number of nitrogens with zero attached hydrogens (tertiary/aromatic N) is 7. The normalized spacial score (nSPS) is 12.4. The van der Waals surface area contributed by atoms with Gasteiger partial charge in [-0.15, -0.1) is 15.3 Å². The second kappa shape index (κ2) is 13.5. The summed E-state index contributed by atoms with van der Waals surface area (Å²) < 4.78 is 0. The minimum Gasteiger partial charge on any atom is -0.382 e. The minimum atomic E-state index is 0.375. The highest BCUT2D eigenvalue weighted by Gasteiger charge is 2.09. The molecule has 8 nitrogen and oxygen atoms in total. The molecule has 0 saturated heterocycles. The van der Waals surface area contributed by atoms with E-state index in [1.54, 1.807) is 24.3 Å². The monoisotopic (exact) mass is 586 g/mol. The van der Waals surface area contributed by atoms with Gasteiger partial charge in [-0.2, -0.15) is 20.6 Å². The van der Waals surface area contributed by atoms with Gasteiger partial charge in [0.15, 0.2) is 0 Å². The highest BCUT2D eigenvalue weighted by atomic mass is 15.1. The van der Waals surface area contributed by atoms with E-state index in [4.69, 9.17) is 5.26 Å². The maximum atomic E-state index is 8.93. The van der Waals surface area contributed by atoms with Crippen molar-refractivity contribution >= 4 is 61.4 Å². The topological polar surface area (TPSA) is 110 Å². The van der Waals surface area contributed by atoms with Crippen LogP contribution in [0.15, 0.2) is 152 Å². The third-order valence-electron chi connectivity index (χ3n) is 7.46. The summed E-state index contributed by atoms with van der Waals surface area (Å²) in [5.74, 6) is 0. The fourth-order valence-electron chi connectivity index (χ4n) is 4.83. The number of azo groups is 3. The molecule has 0 aliphatic heterocycles. The Labute approximate surface area is 261 Å². The lowest BCUT2D eigenvalue weighted by Gasteiger charge is -2.15. The molecule has 0 fully saturated rings. The lowest BCUT2D eigenvalue weighted by molar-refractivity contribution is 0.765. The molecule has 218 valence electrons. The van der Waals surface area contributed by atoms with Crippen LogP contribution in [-0.4, -0.2) is 6.04 Å². The molecule has 0 aliphatic rings. The van der Waals surface area contributed by atoms with Gasteiger partial charge in [-0.3, -0.25) is 0 Å². The van der Waals surface area contributed by atoms with Gasteiger partial charge in [0.05, 0.1) is 45.8 Å². The molecule has 1 N–H and O–H groups in total. The largest absolute Gasteiger partial charge is 0.382 e. The Morgan fingerprint density at radius 1 is 0.533 bits per heavy atom. The third-order valence-corrected chi connectivity index (χ3v) is 7.46. The van der Waals surface area contributed by atoms with Gasteiger partial charge < -0.3 is 5.32 Å². The van der Waals surface area contributed by atoms with E-state index < -0.39 is 0 Å². The first-order valence-corrected chi connectivity index (χ1v) is 14.8. The Bertz CT molecular complexity index is 2090. The summed E-state index contributed by atoms with van der Waals surface area (Å²) in [5.41, 5.74) is 6.04. The summed E-state index contributed by atoms with van der Waals surface area (Å²) in [4.78, 5) is 0. The summed E-state index contributed by atoms with van der Waals surface area (Å²) in [6.07, 6.45) is 1.04. The number of rotatable bonds is 9. The van der Waals surface area contributed by atoms with Crippen molar-refractivity contribution in [3.63, 3.8) is 0 Å². The van der Waals surface area contributed by atoms with Crippen LogP contribution in [-0.2, 0) is 0 Å². The number of nitrogens with one attached hydrogen (secondary N) is 1. The van der Waals surface area contributed by atoms with E-state index in [0.29, 0.717) is 28.7 Å². The molecular weight excluding hydrogens is 556 g/mol. The van der Waals surface area contributed by atoms with Crippen LogP contribution in [0.3, 0.4) is 0 Å². The Morgan fingerprint density at radius 3 is 1.42 bits per heavy atom. The van der Waals surface area contributed by atoms with E-state index in [-0.39, 0.29) is 0 Å². The van der Waals surface area contributed by atoms with Crippen LogP contribution >= 0.6 is 0 Å². The van der Waals surface area contributed by atoms with E-state index in [1.807, 2.05) is 78.9 Å². The van der Waals surface area contributed by atoms with E-state index in [1.165, 1.54) is 0 Å². The second-order valence-corrected chi connectivity index (χ2v) is 10.6. The van der Waals surface area contributed by atoms with Crippen LogP contribution in [0.1, 0.15) is 25.8 Å². The smallest absolute Gasteiger partial charge is 0.0991 e. The molecule has 45 heavy (non-hydrogen) atoms. The molecular formula is C37H30N8. The van der Waals surface area contributed by atoms with Crippen LogP contribution in [0.25, 0.3) is 21.5 Å². The Morgan fingerprint density at radius 2 is 0.933 bits per heavy atom. The fourth-order valence-corrected chi connectivity index (χ4v) is 4.83. The van der Waals surface area contributed by atoms with Crippen LogP contribution in [0.2, 0.25) is 0 Å². The second-order valence-electron chi connectivity index (χ2n) is 10.6. The molecule has 8 heteroatoms. The average molecular weight is 587 g/mol. The van der Waals surface area contributed by atoms with Gasteiger partial charge in [0.25, 0.3) is 0 Å². The highest BCUT2D eigenvalue weighted by molar-refractivity contribution is 6.01. The lowest BCUT2D eigenvalue weighted by Crippen LogP contribution is -2.13. The van der Waals surface area contributed by atoms with Crippen LogP contribution in [0.4, 0.5) is 39.8 Å². The molecule has 0 radical (unpaired) electrons. The van der Waals surface area contributed by atoms with Crippen molar-refractivity contribution in [1.29, 1.82) is 5.26 Å². The molecule has 1 atom stereocenters. The number of hydrogen-bond acceptors (Lipinski definition) is 8. The predicted molar refractivity (Wildman–Crippen MR) is 181 cm³/mol. The first-order chi connectivity index (χ1) is 22.1. The predicted octanol–water partition coefficient (Wildman–Crippen LogP) is 12.3. The molecule has 1 unspecified atom stereocenters. The molecule has 0 saturated carbocycles. The van der Waals surface area contributed by atoms with Crippen LogP contribution in [0, 0.1) is 11.3 Å². The van der Waals surface area contributed by atoms with Gasteiger partial charge >= 0.3 is 0 Å². The van der Waals surface area contributed by atoms with Crippen LogP contribution < -0.4 is 5.32 Å². The van der Waals surface area contributed by atoms with Crippen molar-refractivity contribution in [2.45, 2.75) is 26.3 Å². The SMILES string of the molecule is CCC(C)Nc1ccc(/N=N/c2ccc(/N=N/c3ccc(/N=N/c4ccc(C#N)cc4)cc3)c3ccccc23)c2ccccc12. The first-order valence-electron chi connectivity index (χ1n) is 14.8. The average Bonchev–Trinajstić information content (AvgIpc) is 3.10. The zero-order valence-corrected chi connectivity index (χ0v) is 25.0. The van der Waals surface area contributed by atoms with E-state index in [2.05, 4.69) is 74.1 Å². The summed E-state index contributed by atoms with van der Waals surface area (Å²) in [5, 5.41) is 43.4. The lowest BCUT2D eigenvalue weighted by atomic mass is 10.1. The molecule has 0 spiro atoms. The number of nitriles is 1. The van der Waals surface area contributed by atoms with Gasteiger partial charge in [0.1, 0.15) is 0 Å². The summed E-state index contributed by atoms with van der Waals surface area (Å²) in [6, 6.07) is 41.0. The molecule has 6 aromatic rings. The maximum Gasteiger partial charge on any atom is 0.0991 e. The van der Waals surface area contributed by atoms with Crippen molar-refractivity contribution in [2.75, 3.05) is 5.32 Å². The van der Waals surface area contributed by atoms with Gasteiger partial charge in [-0.1, -0.05) is 55.5 Å². The van der Waals surface area contributed by atoms with Gasteiger partial charge in [0.2, 0.25) is 0 Å². The molecule has 0 aliphatic carbocycles. The molecule has 0 bridgehead atoms. The van der Waals surface area contributed by atoms with Crippen molar-refractivity contribution in [3.05, 3.63) is 127 Å². The van der Waals surface area contributed by atoms with Crippen molar-refractivity contribution in [1.82, 2.24) is 0 Å². The number of anilines is 1. The summed E-state index contributed by atoms with van der Waals surface area (Å²) >= 11 is 0. The number of hydrogen-bond donors (Lipinski definition) is 1. The first kappa shape index (κ1) is 29.0. The summed E-state index contributed by atoms with van der Waals surface area (Å²) in [7, 11) is 0. The zero-order chi connectivity index (χ0) is 31.0. The molecule has 0 amide bonds. The Hall–Kier alpha value is -6.07. The van der Waals surface area contributed by atoms with Gasteiger partial charge in [0, 0.05) is 33.3 Å². The Kier molecular flexibility index (Phi) is 8.70. The molecule has 6 rings (SSSR count). The molecule has 6 aromatic carbocycles. The van der Waals surface area contributed by atoms with Gasteiger partial charge in [-0.25, -0.2) is 0 Å². The van der Waals surface area contributed by atoms with Gasteiger partial charge in [-0.05, 0) is 86.1 Å². The quantitative estimate of drug-likeness (QED) is 0.170. The number of fused-ring (bicyclic) bond motifs is 2.